The van der Waals surface area contributed by atoms with Gasteiger partial charge in [-0.05, 0) is 32.0 Å². The number of carbonyl (C=O) groups is 3. The van der Waals surface area contributed by atoms with E-state index >= 15 is 0 Å². The van der Waals surface area contributed by atoms with Crippen LogP contribution in [0.15, 0.2) is 23.1 Å². The Hall–Kier alpha value is -2.02. The predicted molar refractivity (Wildman–Crippen MR) is 84.0 cm³/mol. The number of rotatable bonds is 4. The highest BCUT2D eigenvalue weighted by Gasteiger charge is 2.20. The van der Waals surface area contributed by atoms with Gasteiger partial charge in [-0.15, -0.1) is 11.8 Å². The van der Waals surface area contributed by atoms with E-state index in [9.17, 15) is 14.4 Å². The van der Waals surface area contributed by atoms with Crippen LogP contribution in [0.3, 0.4) is 0 Å². The number of nitrogens with one attached hydrogen (secondary N) is 2. The molecule has 0 aromatic heterocycles. The van der Waals surface area contributed by atoms with Crippen molar-refractivity contribution < 1.29 is 19.1 Å². The number of thioether (sulfide) groups is 1. The van der Waals surface area contributed by atoms with Crippen LogP contribution in [0.1, 0.15) is 30.6 Å². The van der Waals surface area contributed by atoms with Crippen LogP contribution in [0.25, 0.3) is 0 Å². The largest absolute Gasteiger partial charge is 0.449 e. The maximum atomic E-state index is 12.1. The van der Waals surface area contributed by atoms with Crippen LogP contribution in [-0.2, 0) is 14.3 Å². The maximum Gasteiger partial charge on any atom is 0.338 e. The van der Waals surface area contributed by atoms with Gasteiger partial charge in [0, 0.05) is 23.6 Å². The first kappa shape index (κ1) is 16.4. The van der Waals surface area contributed by atoms with Crippen LogP contribution < -0.4 is 10.6 Å². The van der Waals surface area contributed by atoms with Gasteiger partial charge in [0.1, 0.15) is 0 Å². The van der Waals surface area contributed by atoms with Gasteiger partial charge in [-0.1, -0.05) is 0 Å². The molecule has 1 aromatic carbocycles. The molecule has 0 aliphatic carbocycles. The summed E-state index contributed by atoms with van der Waals surface area (Å²) in [5.74, 6) is -0.302. The SMILES string of the molecule is CCNC(=O)[C@@H](C)OC(=O)c1ccc2c(c1)NC(=O)CCS2. The summed E-state index contributed by atoms with van der Waals surface area (Å²) in [6.45, 7) is 3.78. The molecule has 0 unspecified atom stereocenters. The predicted octanol–water partition coefficient (Wildman–Crippen LogP) is 1.80. The van der Waals surface area contributed by atoms with Gasteiger partial charge in [0.15, 0.2) is 6.10 Å². The van der Waals surface area contributed by atoms with Crippen LogP contribution in [0, 0.1) is 0 Å². The van der Waals surface area contributed by atoms with E-state index in [1.54, 1.807) is 36.9 Å². The van der Waals surface area contributed by atoms with Crippen LogP contribution >= 0.6 is 11.8 Å². The van der Waals surface area contributed by atoms with Crippen LogP contribution in [0.5, 0.6) is 0 Å². The second-order valence-corrected chi connectivity index (χ2v) is 5.94. The molecule has 1 aromatic rings. The minimum Gasteiger partial charge on any atom is -0.449 e. The number of anilines is 1. The number of carbonyl (C=O) groups excluding carboxylic acids is 3. The molecule has 0 radical (unpaired) electrons. The maximum absolute atomic E-state index is 12.1. The highest BCUT2D eigenvalue weighted by atomic mass is 32.2. The summed E-state index contributed by atoms with van der Waals surface area (Å²) >= 11 is 1.56. The number of esters is 1. The zero-order valence-electron chi connectivity index (χ0n) is 12.5. The van der Waals surface area contributed by atoms with Crippen molar-refractivity contribution in [2.24, 2.45) is 0 Å². The third kappa shape index (κ3) is 4.00. The molecule has 2 rings (SSSR count). The van der Waals surface area contributed by atoms with E-state index in [-0.39, 0.29) is 11.8 Å². The number of ether oxygens (including phenoxy) is 1. The molecule has 0 saturated heterocycles. The molecule has 1 heterocycles. The Labute approximate surface area is 133 Å². The number of amides is 2. The van der Waals surface area contributed by atoms with Crippen LogP contribution in [0.2, 0.25) is 0 Å². The summed E-state index contributed by atoms with van der Waals surface area (Å²) in [5, 5.41) is 5.36. The van der Waals surface area contributed by atoms with Gasteiger partial charge in [-0.2, -0.15) is 0 Å². The second kappa shape index (κ2) is 7.31. The van der Waals surface area contributed by atoms with Gasteiger partial charge < -0.3 is 15.4 Å². The van der Waals surface area contributed by atoms with E-state index in [0.717, 1.165) is 4.90 Å². The molecule has 1 aliphatic rings. The molecular weight excluding hydrogens is 304 g/mol. The van der Waals surface area contributed by atoms with Gasteiger partial charge in [0.2, 0.25) is 5.91 Å². The van der Waals surface area contributed by atoms with Crippen molar-refractivity contribution in [2.45, 2.75) is 31.3 Å². The summed E-state index contributed by atoms with van der Waals surface area (Å²) in [6.07, 6.45) is -0.428. The fourth-order valence-corrected chi connectivity index (χ4v) is 2.88. The van der Waals surface area contributed by atoms with Crippen molar-refractivity contribution in [1.29, 1.82) is 0 Å². The number of fused-ring (bicyclic) bond motifs is 1. The summed E-state index contributed by atoms with van der Waals surface area (Å²) in [7, 11) is 0. The molecular formula is C15H18N2O4S. The highest BCUT2D eigenvalue weighted by molar-refractivity contribution is 7.99. The Kier molecular flexibility index (Phi) is 5.43. The third-order valence-electron chi connectivity index (χ3n) is 3.08. The highest BCUT2D eigenvalue weighted by Crippen LogP contribution is 2.31. The van der Waals surface area contributed by atoms with Crippen LogP contribution in [0.4, 0.5) is 5.69 Å². The van der Waals surface area contributed by atoms with Gasteiger partial charge in [0.25, 0.3) is 5.91 Å². The molecule has 0 saturated carbocycles. The Morgan fingerprint density at radius 2 is 2.23 bits per heavy atom. The van der Waals surface area contributed by atoms with E-state index in [4.69, 9.17) is 4.74 Å². The van der Waals surface area contributed by atoms with Crippen molar-refractivity contribution in [3.8, 4) is 0 Å². The van der Waals surface area contributed by atoms with Crippen molar-refractivity contribution in [1.82, 2.24) is 5.32 Å². The van der Waals surface area contributed by atoms with Crippen molar-refractivity contribution in [2.75, 3.05) is 17.6 Å². The second-order valence-electron chi connectivity index (χ2n) is 4.80. The molecule has 0 bridgehead atoms. The minimum absolute atomic E-state index is 0.0764. The average molecular weight is 322 g/mol. The van der Waals surface area contributed by atoms with E-state index in [2.05, 4.69) is 10.6 Å². The Bertz CT molecular complexity index is 603. The van der Waals surface area contributed by atoms with Crippen LogP contribution in [-0.4, -0.2) is 36.2 Å². The van der Waals surface area contributed by atoms with Gasteiger partial charge in [0.05, 0.1) is 11.3 Å². The summed E-state index contributed by atoms with van der Waals surface area (Å²) in [4.78, 5) is 36.2. The van der Waals surface area contributed by atoms with Gasteiger partial charge >= 0.3 is 5.97 Å². The fourth-order valence-electron chi connectivity index (χ4n) is 1.95. The molecule has 2 N–H and O–H groups in total. The topological polar surface area (TPSA) is 84.5 Å². The standard InChI is InChI=1S/C15H18N2O4S/c1-3-16-14(19)9(2)21-15(20)10-4-5-12-11(8-10)17-13(18)6-7-22-12/h4-5,8-9H,3,6-7H2,1-2H3,(H,16,19)(H,17,18)/t9-/m1/s1. The molecule has 1 aliphatic heterocycles. The van der Waals surface area contributed by atoms with E-state index < -0.39 is 12.1 Å². The number of hydrogen-bond donors (Lipinski definition) is 2. The number of likely N-dealkylation sites (N-methyl/N-ethyl adjacent to an activating group) is 1. The van der Waals surface area contributed by atoms with Gasteiger partial charge in [-0.25, -0.2) is 4.79 Å². The third-order valence-corrected chi connectivity index (χ3v) is 4.16. The lowest BCUT2D eigenvalue weighted by atomic mass is 10.2. The van der Waals surface area contributed by atoms with E-state index in [1.807, 2.05) is 0 Å². The summed E-state index contributed by atoms with van der Waals surface area (Å²) in [6, 6.07) is 4.99. The Balaban J connectivity index is 2.11. The molecule has 0 fully saturated rings. The first-order valence-corrected chi connectivity index (χ1v) is 8.05. The fraction of sp³-hybridized carbons (Fsp3) is 0.400. The molecule has 118 valence electrons. The van der Waals surface area contributed by atoms with E-state index in [1.165, 1.54) is 6.92 Å². The molecule has 22 heavy (non-hydrogen) atoms. The lowest BCUT2D eigenvalue weighted by Crippen LogP contribution is -2.35. The first-order valence-electron chi connectivity index (χ1n) is 7.06. The lowest BCUT2D eigenvalue weighted by molar-refractivity contribution is -0.129. The van der Waals surface area contributed by atoms with Gasteiger partial charge in [-0.3, -0.25) is 9.59 Å². The quantitative estimate of drug-likeness (QED) is 0.826. The average Bonchev–Trinajstić information content (AvgIpc) is 2.66. The normalized spacial score (nSPS) is 15.1. The van der Waals surface area contributed by atoms with Crippen molar-refractivity contribution >= 4 is 35.2 Å². The lowest BCUT2D eigenvalue weighted by Gasteiger charge is -2.13. The summed E-state index contributed by atoms with van der Waals surface area (Å²) < 4.78 is 5.13. The molecule has 0 spiro atoms. The van der Waals surface area contributed by atoms with Crippen molar-refractivity contribution in [3.63, 3.8) is 0 Å². The minimum atomic E-state index is -0.866. The number of hydrogen-bond acceptors (Lipinski definition) is 5. The molecule has 2 amide bonds. The molecule has 1 atom stereocenters. The zero-order chi connectivity index (χ0) is 16.1. The zero-order valence-corrected chi connectivity index (χ0v) is 13.3. The van der Waals surface area contributed by atoms with Crippen molar-refractivity contribution in [3.05, 3.63) is 23.8 Å². The van der Waals surface area contributed by atoms with E-state index in [0.29, 0.717) is 30.0 Å². The number of benzene rings is 1. The summed E-state index contributed by atoms with van der Waals surface area (Å²) in [5.41, 5.74) is 0.908. The first-order chi connectivity index (χ1) is 10.5. The molecule has 7 heteroatoms. The monoisotopic (exact) mass is 322 g/mol. The Morgan fingerprint density at radius 3 is 2.95 bits per heavy atom. The smallest absolute Gasteiger partial charge is 0.338 e. The Morgan fingerprint density at radius 1 is 1.45 bits per heavy atom. The molecule has 6 nitrogen and oxygen atoms in total.